The maximum Gasteiger partial charge on any atom is 0.228 e. The topological polar surface area (TPSA) is 61.0 Å². The molecule has 18 heavy (non-hydrogen) atoms. The molecule has 2 heterocycles. The van der Waals surface area contributed by atoms with E-state index in [-0.39, 0.29) is 5.95 Å². The molecule has 0 unspecified atom stereocenters. The first kappa shape index (κ1) is 12.7. The third kappa shape index (κ3) is 2.39. The van der Waals surface area contributed by atoms with Gasteiger partial charge in [-0.05, 0) is 26.3 Å². The van der Waals surface area contributed by atoms with Crippen molar-refractivity contribution >= 4 is 27.5 Å². The number of nitrogens with zero attached hydrogens (tertiary/aromatic N) is 2. The van der Waals surface area contributed by atoms with Gasteiger partial charge in [-0.25, -0.2) is 4.98 Å². The van der Waals surface area contributed by atoms with Crippen molar-refractivity contribution in [2.45, 2.75) is 32.8 Å². The van der Waals surface area contributed by atoms with E-state index in [9.17, 15) is 0 Å². The summed E-state index contributed by atoms with van der Waals surface area (Å²) >= 11 is 1.60. The fraction of sp³-hybridized carbons (Fsp3) is 0.385. The summed E-state index contributed by atoms with van der Waals surface area (Å²) in [5.74, 6) is 3.23. The lowest BCUT2D eigenvalue weighted by molar-refractivity contribution is 0.167. The van der Waals surface area contributed by atoms with Crippen molar-refractivity contribution in [2.24, 2.45) is 0 Å². The maximum atomic E-state index is 5.74. The molecule has 0 aliphatic carbocycles. The molecule has 0 saturated carbocycles. The van der Waals surface area contributed by atoms with Gasteiger partial charge in [0.1, 0.15) is 4.83 Å². The molecule has 2 N–H and O–H groups in total. The summed E-state index contributed by atoms with van der Waals surface area (Å²) in [5, 5.41) is 0.870. The van der Waals surface area contributed by atoms with Crippen LogP contribution in [0, 0.1) is 12.3 Å². The Hall–Kier alpha value is -1.80. The Kier molecular flexibility index (Phi) is 3.14. The molecule has 94 valence electrons. The molecule has 0 atom stereocenters. The Labute approximate surface area is 110 Å². The van der Waals surface area contributed by atoms with Crippen molar-refractivity contribution < 1.29 is 4.74 Å². The van der Waals surface area contributed by atoms with Crippen LogP contribution in [0.2, 0.25) is 0 Å². The number of hydrogen-bond acceptors (Lipinski definition) is 5. The van der Waals surface area contributed by atoms with Crippen molar-refractivity contribution in [3.8, 4) is 18.2 Å². The second-order valence-corrected chi connectivity index (χ2v) is 5.54. The summed E-state index contributed by atoms with van der Waals surface area (Å²) in [4.78, 5) is 10.4. The van der Waals surface area contributed by atoms with Gasteiger partial charge in [-0.2, -0.15) is 4.98 Å². The fourth-order valence-electron chi connectivity index (χ4n) is 1.48. The first-order valence-electron chi connectivity index (χ1n) is 5.68. The smallest absolute Gasteiger partial charge is 0.228 e. The number of ether oxygens (including phenoxy) is 1. The highest BCUT2D eigenvalue weighted by molar-refractivity contribution is 7.18. The van der Waals surface area contributed by atoms with Gasteiger partial charge in [0, 0.05) is 4.88 Å². The Morgan fingerprint density at radius 1 is 1.50 bits per heavy atom. The van der Waals surface area contributed by atoms with E-state index in [0.29, 0.717) is 5.88 Å². The zero-order valence-electron chi connectivity index (χ0n) is 10.7. The number of terminal acetylenes is 1. The van der Waals surface area contributed by atoms with E-state index in [1.807, 2.05) is 19.9 Å². The van der Waals surface area contributed by atoms with Crippen molar-refractivity contribution in [3.05, 3.63) is 10.9 Å². The standard InChI is InChI=1S/C13H15N3OS/c1-5-8-7-9-10(17-13(3,4)6-2)15-12(14)16-11(9)18-8/h2,7H,5H2,1,3-4H3,(H2,14,15,16). The first-order chi connectivity index (χ1) is 8.45. The molecule has 4 nitrogen and oxygen atoms in total. The van der Waals surface area contributed by atoms with Gasteiger partial charge < -0.3 is 10.5 Å². The van der Waals surface area contributed by atoms with Crippen molar-refractivity contribution in [2.75, 3.05) is 5.73 Å². The maximum absolute atomic E-state index is 5.74. The predicted molar refractivity (Wildman–Crippen MR) is 74.7 cm³/mol. The highest BCUT2D eigenvalue weighted by Gasteiger charge is 2.20. The molecule has 0 spiro atoms. The van der Waals surface area contributed by atoms with E-state index in [0.717, 1.165) is 16.6 Å². The molecule has 2 rings (SSSR count). The molecular formula is C13H15N3OS. The van der Waals surface area contributed by atoms with Crippen LogP contribution in [-0.4, -0.2) is 15.6 Å². The third-order valence-corrected chi connectivity index (χ3v) is 3.65. The number of thiophene rings is 1. The fourth-order valence-corrected chi connectivity index (χ4v) is 2.45. The zero-order valence-corrected chi connectivity index (χ0v) is 11.5. The summed E-state index contributed by atoms with van der Waals surface area (Å²) in [6.07, 6.45) is 6.36. The number of rotatable bonds is 3. The average molecular weight is 261 g/mol. The van der Waals surface area contributed by atoms with Crippen LogP contribution in [0.1, 0.15) is 25.6 Å². The number of aryl methyl sites for hydroxylation is 1. The monoisotopic (exact) mass is 261 g/mol. The van der Waals surface area contributed by atoms with Crippen molar-refractivity contribution in [1.82, 2.24) is 9.97 Å². The van der Waals surface area contributed by atoms with Crippen LogP contribution < -0.4 is 10.5 Å². The minimum atomic E-state index is -0.720. The molecule has 5 heteroatoms. The lowest BCUT2D eigenvalue weighted by atomic mass is 10.1. The van der Waals surface area contributed by atoms with Gasteiger partial charge in [0.2, 0.25) is 11.8 Å². The number of anilines is 1. The predicted octanol–water partition coefficient (Wildman–Crippen LogP) is 2.63. The van der Waals surface area contributed by atoms with Gasteiger partial charge >= 0.3 is 0 Å². The average Bonchev–Trinajstić information content (AvgIpc) is 2.71. The van der Waals surface area contributed by atoms with Crippen LogP contribution >= 0.6 is 11.3 Å². The van der Waals surface area contributed by atoms with E-state index in [4.69, 9.17) is 16.9 Å². The van der Waals surface area contributed by atoms with Crippen LogP contribution in [0.15, 0.2) is 6.07 Å². The second-order valence-electron chi connectivity index (χ2n) is 4.43. The normalized spacial score (nSPS) is 11.4. The number of hydrogen-bond donors (Lipinski definition) is 1. The Morgan fingerprint density at radius 2 is 2.22 bits per heavy atom. The molecular weight excluding hydrogens is 246 g/mol. The number of nitrogen functional groups attached to an aromatic ring is 1. The SMILES string of the molecule is C#CC(C)(C)Oc1nc(N)nc2sc(CC)cc12. The van der Waals surface area contributed by atoms with Crippen LogP contribution in [0.4, 0.5) is 5.95 Å². The van der Waals surface area contributed by atoms with Gasteiger partial charge in [0.25, 0.3) is 0 Å². The number of aromatic nitrogens is 2. The molecule has 0 aliphatic heterocycles. The summed E-state index contributed by atoms with van der Waals surface area (Å²) in [6, 6.07) is 2.03. The Morgan fingerprint density at radius 3 is 2.83 bits per heavy atom. The molecule has 0 fully saturated rings. The lowest BCUT2D eigenvalue weighted by Gasteiger charge is -2.19. The minimum absolute atomic E-state index is 0.204. The van der Waals surface area contributed by atoms with Gasteiger partial charge in [0.15, 0.2) is 5.60 Å². The molecule has 0 saturated heterocycles. The largest absolute Gasteiger partial charge is 0.458 e. The second kappa shape index (κ2) is 4.46. The quantitative estimate of drug-likeness (QED) is 0.863. The van der Waals surface area contributed by atoms with Crippen LogP contribution in [0.3, 0.4) is 0 Å². The van der Waals surface area contributed by atoms with E-state index in [1.165, 1.54) is 4.88 Å². The summed E-state index contributed by atoms with van der Waals surface area (Å²) in [7, 11) is 0. The first-order valence-corrected chi connectivity index (χ1v) is 6.49. The van der Waals surface area contributed by atoms with Crippen molar-refractivity contribution in [3.63, 3.8) is 0 Å². The molecule has 0 bridgehead atoms. The van der Waals surface area contributed by atoms with Crippen LogP contribution in [0.25, 0.3) is 10.2 Å². The van der Waals surface area contributed by atoms with E-state index in [2.05, 4.69) is 22.8 Å². The summed E-state index contributed by atoms with van der Waals surface area (Å²) in [6.45, 7) is 5.71. The van der Waals surface area contributed by atoms with E-state index >= 15 is 0 Å². The van der Waals surface area contributed by atoms with E-state index in [1.54, 1.807) is 11.3 Å². The molecule has 2 aromatic rings. The van der Waals surface area contributed by atoms with Crippen molar-refractivity contribution in [1.29, 1.82) is 0 Å². The van der Waals surface area contributed by atoms with E-state index < -0.39 is 5.60 Å². The highest BCUT2D eigenvalue weighted by atomic mass is 32.1. The van der Waals surface area contributed by atoms with Gasteiger partial charge in [-0.3, -0.25) is 0 Å². The zero-order chi connectivity index (χ0) is 13.3. The summed E-state index contributed by atoms with van der Waals surface area (Å²) in [5.41, 5.74) is 4.97. The summed E-state index contributed by atoms with van der Waals surface area (Å²) < 4.78 is 5.74. The van der Waals surface area contributed by atoms with Gasteiger partial charge in [0.05, 0.1) is 5.39 Å². The molecule has 0 radical (unpaired) electrons. The van der Waals surface area contributed by atoms with Crippen LogP contribution in [0.5, 0.6) is 5.88 Å². The molecule has 0 aliphatic rings. The molecule has 0 aromatic carbocycles. The molecule has 2 aromatic heterocycles. The van der Waals surface area contributed by atoms with Gasteiger partial charge in [-0.1, -0.05) is 12.8 Å². The Balaban J connectivity index is 2.55. The minimum Gasteiger partial charge on any atom is -0.458 e. The number of nitrogens with two attached hydrogens (primary N) is 1. The van der Waals surface area contributed by atoms with Gasteiger partial charge in [-0.15, -0.1) is 17.8 Å². The number of fused-ring (bicyclic) bond motifs is 1. The molecule has 0 amide bonds. The Bertz CT molecular complexity index is 625. The van der Waals surface area contributed by atoms with Crippen LogP contribution in [-0.2, 0) is 6.42 Å². The lowest BCUT2D eigenvalue weighted by Crippen LogP contribution is -2.26. The third-order valence-electron chi connectivity index (χ3n) is 2.47. The highest BCUT2D eigenvalue weighted by Crippen LogP contribution is 2.32.